The van der Waals surface area contributed by atoms with Crippen LogP contribution in [0.5, 0.6) is 0 Å². The molecule has 0 spiro atoms. The Bertz CT molecular complexity index is 1390. The highest BCUT2D eigenvalue weighted by Crippen LogP contribution is 2.32. The fourth-order valence-corrected chi connectivity index (χ4v) is 3.87. The maximum Gasteiger partial charge on any atom is 0.138 e. The van der Waals surface area contributed by atoms with Gasteiger partial charge >= 0.3 is 0 Å². The lowest BCUT2D eigenvalue weighted by Crippen LogP contribution is -2.10. The molecule has 0 radical (unpaired) electrons. The summed E-state index contributed by atoms with van der Waals surface area (Å²) >= 11 is 0. The van der Waals surface area contributed by atoms with Crippen molar-refractivity contribution < 1.29 is 0 Å². The van der Waals surface area contributed by atoms with E-state index in [0.29, 0.717) is 0 Å². The van der Waals surface area contributed by atoms with E-state index in [1.54, 1.807) is 0 Å². The second-order valence-electron chi connectivity index (χ2n) is 8.21. The largest absolute Gasteiger partial charge is 0.346 e. The van der Waals surface area contributed by atoms with Crippen LogP contribution >= 0.6 is 0 Å². The van der Waals surface area contributed by atoms with Gasteiger partial charge in [-0.1, -0.05) is 12.1 Å². The van der Waals surface area contributed by atoms with E-state index in [0.717, 1.165) is 57.0 Å². The first-order valence-corrected chi connectivity index (χ1v) is 10.5. The Labute approximate surface area is 187 Å². The van der Waals surface area contributed by atoms with Crippen molar-refractivity contribution in [3.05, 3.63) is 84.6 Å². The molecule has 5 aromatic rings. The van der Waals surface area contributed by atoms with Crippen molar-refractivity contribution in [2.45, 2.75) is 13.5 Å². The van der Waals surface area contributed by atoms with Crippen molar-refractivity contribution >= 4 is 11.0 Å². The first kappa shape index (κ1) is 20.0. The summed E-state index contributed by atoms with van der Waals surface area (Å²) in [7, 11) is 4.11. The minimum atomic E-state index is 0.829. The van der Waals surface area contributed by atoms with Gasteiger partial charge in [-0.25, -0.2) is 4.98 Å². The van der Waals surface area contributed by atoms with Crippen molar-refractivity contribution in [2.75, 3.05) is 14.1 Å². The molecular formula is C26H24N6. The highest BCUT2D eigenvalue weighted by atomic mass is 15.0. The lowest BCUT2D eigenvalue weighted by Gasteiger charge is -2.11. The Morgan fingerprint density at radius 1 is 0.844 bits per heavy atom. The number of aryl methyl sites for hydroxylation is 1. The van der Waals surface area contributed by atoms with Crippen LogP contribution in [0.15, 0.2) is 73.3 Å². The molecule has 5 rings (SSSR count). The number of hydrogen-bond donors (Lipinski definition) is 1. The van der Waals surface area contributed by atoms with Gasteiger partial charge in [-0.2, -0.15) is 0 Å². The number of hydrogen-bond acceptors (Lipinski definition) is 5. The Balaban J connectivity index is 1.58. The summed E-state index contributed by atoms with van der Waals surface area (Å²) in [4.78, 5) is 24.0. The lowest BCUT2D eigenvalue weighted by molar-refractivity contribution is 0.402. The van der Waals surface area contributed by atoms with Gasteiger partial charge in [-0.3, -0.25) is 15.0 Å². The van der Waals surface area contributed by atoms with Crippen molar-refractivity contribution in [1.82, 2.24) is 29.8 Å². The summed E-state index contributed by atoms with van der Waals surface area (Å²) in [5, 5.41) is 1.05. The maximum atomic E-state index is 4.79. The quantitative estimate of drug-likeness (QED) is 0.427. The molecule has 0 bridgehead atoms. The SMILES string of the molecule is Cc1cccc(-c2cc(-c3cncc(-c4ccc(CN(C)C)cn4)c3)c3cc[nH]c3n2)n1. The summed E-state index contributed by atoms with van der Waals surface area (Å²) < 4.78 is 0. The first-order chi connectivity index (χ1) is 15.6. The average molecular weight is 421 g/mol. The van der Waals surface area contributed by atoms with Crippen LogP contribution in [-0.4, -0.2) is 43.9 Å². The number of nitrogens with zero attached hydrogens (tertiary/aromatic N) is 5. The van der Waals surface area contributed by atoms with E-state index in [-0.39, 0.29) is 0 Å². The molecule has 5 aromatic heterocycles. The molecule has 0 aliphatic rings. The Hall–Kier alpha value is -3.90. The van der Waals surface area contributed by atoms with Crippen molar-refractivity contribution in [3.63, 3.8) is 0 Å². The molecule has 1 N–H and O–H groups in total. The average Bonchev–Trinajstić information content (AvgIpc) is 3.27. The third-order valence-corrected chi connectivity index (χ3v) is 5.35. The molecule has 0 amide bonds. The minimum Gasteiger partial charge on any atom is -0.346 e. The van der Waals surface area contributed by atoms with Crippen LogP contribution in [0.1, 0.15) is 11.3 Å². The van der Waals surface area contributed by atoms with Crippen LogP contribution in [-0.2, 0) is 6.54 Å². The monoisotopic (exact) mass is 420 g/mol. The van der Waals surface area contributed by atoms with Crippen LogP contribution in [0.4, 0.5) is 0 Å². The van der Waals surface area contributed by atoms with E-state index in [2.05, 4.69) is 63.2 Å². The Kier molecular flexibility index (Phi) is 5.21. The zero-order valence-corrected chi connectivity index (χ0v) is 18.4. The molecule has 0 saturated heterocycles. The van der Waals surface area contributed by atoms with Crippen LogP contribution in [0, 0.1) is 6.92 Å². The number of pyridine rings is 4. The van der Waals surface area contributed by atoms with Gasteiger partial charge < -0.3 is 9.88 Å². The van der Waals surface area contributed by atoms with E-state index >= 15 is 0 Å². The smallest absolute Gasteiger partial charge is 0.138 e. The molecule has 0 aromatic carbocycles. The third-order valence-electron chi connectivity index (χ3n) is 5.35. The Morgan fingerprint density at radius 2 is 1.72 bits per heavy atom. The van der Waals surface area contributed by atoms with Crippen molar-refractivity contribution in [2.24, 2.45) is 0 Å². The maximum absolute atomic E-state index is 4.79. The van der Waals surface area contributed by atoms with Crippen molar-refractivity contribution in [1.29, 1.82) is 0 Å². The lowest BCUT2D eigenvalue weighted by atomic mass is 10.0. The molecule has 0 unspecified atom stereocenters. The van der Waals surface area contributed by atoms with Crippen LogP contribution < -0.4 is 0 Å². The predicted octanol–water partition coefficient (Wildman–Crippen LogP) is 5.12. The standard InChI is InChI=1S/C26H24N6/c1-17-5-4-6-24(30-17)25-12-22(21-9-10-28-26(21)31-25)19-11-20(15-27-14-19)23-8-7-18(13-29-23)16-32(2)3/h4-15H,16H2,1-3H3,(H,28,31). The van der Waals surface area contributed by atoms with Gasteiger partial charge in [0.05, 0.1) is 17.1 Å². The molecule has 32 heavy (non-hydrogen) atoms. The highest BCUT2D eigenvalue weighted by molar-refractivity contribution is 5.95. The fourth-order valence-electron chi connectivity index (χ4n) is 3.87. The Morgan fingerprint density at radius 3 is 2.50 bits per heavy atom. The molecule has 6 heteroatoms. The van der Waals surface area contributed by atoms with Crippen LogP contribution in [0.3, 0.4) is 0 Å². The number of aromatic amines is 1. The van der Waals surface area contributed by atoms with Gasteiger partial charge in [-0.05, 0) is 68.5 Å². The molecular weight excluding hydrogens is 396 g/mol. The minimum absolute atomic E-state index is 0.829. The van der Waals surface area contributed by atoms with E-state index in [1.165, 1.54) is 5.56 Å². The first-order valence-electron chi connectivity index (χ1n) is 10.5. The number of nitrogens with one attached hydrogen (secondary N) is 1. The summed E-state index contributed by atoms with van der Waals surface area (Å²) in [5.41, 5.74) is 8.62. The second-order valence-corrected chi connectivity index (χ2v) is 8.21. The van der Waals surface area contributed by atoms with Gasteiger partial charge in [0, 0.05) is 53.5 Å². The number of H-pyrrole nitrogens is 1. The molecule has 0 atom stereocenters. The molecule has 0 aliphatic heterocycles. The van der Waals surface area contributed by atoms with Gasteiger partial charge in [0.25, 0.3) is 0 Å². The zero-order chi connectivity index (χ0) is 22.1. The van der Waals surface area contributed by atoms with Gasteiger partial charge in [0.2, 0.25) is 0 Å². The normalized spacial score (nSPS) is 11.4. The molecule has 6 nitrogen and oxygen atoms in total. The van der Waals surface area contributed by atoms with Gasteiger partial charge in [0.15, 0.2) is 0 Å². The van der Waals surface area contributed by atoms with E-state index in [1.807, 2.05) is 56.0 Å². The third kappa shape index (κ3) is 4.00. The second kappa shape index (κ2) is 8.32. The number of rotatable bonds is 5. The molecule has 0 saturated carbocycles. The van der Waals surface area contributed by atoms with Crippen molar-refractivity contribution in [3.8, 4) is 33.8 Å². The van der Waals surface area contributed by atoms with Gasteiger partial charge in [-0.15, -0.1) is 0 Å². The summed E-state index contributed by atoms with van der Waals surface area (Å²) in [6, 6.07) is 16.4. The van der Waals surface area contributed by atoms with E-state index < -0.39 is 0 Å². The zero-order valence-electron chi connectivity index (χ0n) is 18.4. The number of aromatic nitrogens is 5. The molecule has 5 heterocycles. The molecule has 158 valence electrons. The summed E-state index contributed by atoms with van der Waals surface area (Å²) in [6.07, 6.45) is 7.59. The van der Waals surface area contributed by atoms with E-state index in [4.69, 9.17) is 4.98 Å². The van der Waals surface area contributed by atoms with E-state index in [9.17, 15) is 0 Å². The summed E-state index contributed by atoms with van der Waals surface area (Å²) in [6.45, 7) is 2.85. The van der Waals surface area contributed by atoms with Crippen LogP contribution in [0.2, 0.25) is 0 Å². The number of fused-ring (bicyclic) bond motifs is 1. The molecule has 0 aliphatic carbocycles. The van der Waals surface area contributed by atoms with Gasteiger partial charge in [0.1, 0.15) is 5.65 Å². The predicted molar refractivity (Wildman–Crippen MR) is 128 cm³/mol. The fraction of sp³-hybridized carbons (Fsp3) is 0.154. The topological polar surface area (TPSA) is 70.6 Å². The summed E-state index contributed by atoms with van der Waals surface area (Å²) in [5.74, 6) is 0. The molecule has 0 fully saturated rings. The van der Waals surface area contributed by atoms with Crippen LogP contribution in [0.25, 0.3) is 44.8 Å². The highest BCUT2D eigenvalue weighted by Gasteiger charge is 2.13.